The lowest BCUT2D eigenvalue weighted by atomic mass is 10.1. The third kappa shape index (κ3) is 3.29. The van der Waals surface area contributed by atoms with E-state index in [-0.39, 0.29) is 24.1 Å². The van der Waals surface area contributed by atoms with Gasteiger partial charge in [0, 0.05) is 24.7 Å². The number of aryl methyl sites for hydroxylation is 1. The summed E-state index contributed by atoms with van der Waals surface area (Å²) in [6.45, 7) is 4.58. The van der Waals surface area contributed by atoms with Gasteiger partial charge in [-0.1, -0.05) is 5.16 Å². The summed E-state index contributed by atoms with van der Waals surface area (Å²) in [5.41, 5.74) is 0.681. The molecule has 3 heterocycles. The zero-order chi connectivity index (χ0) is 18.3. The second kappa shape index (κ2) is 6.68. The monoisotopic (exact) mass is 358 g/mol. The summed E-state index contributed by atoms with van der Waals surface area (Å²) in [5, 5.41) is 4.05. The van der Waals surface area contributed by atoms with Crippen LogP contribution in [-0.4, -0.2) is 44.8 Å². The molecule has 0 aromatic carbocycles. The summed E-state index contributed by atoms with van der Waals surface area (Å²) in [6, 6.07) is 2.90. The van der Waals surface area contributed by atoms with Crippen molar-refractivity contribution in [1.29, 1.82) is 0 Å². The molecular weight excluding hydrogens is 336 g/mol. The van der Waals surface area contributed by atoms with Crippen molar-refractivity contribution in [2.24, 2.45) is 0 Å². The molecule has 1 saturated heterocycles. The van der Waals surface area contributed by atoms with Gasteiger partial charge in [-0.3, -0.25) is 9.59 Å². The zero-order valence-corrected chi connectivity index (χ0v) is 14.9. The first-order chi connectivity index (χ1) is 12.5. The lowest BCUT2D eigenvalue weighted by Gasteiger charge is -2.37. The van der Waals surface area contributed by atoms with Gasteiger partial charge >= 0.3 is 0 Å². The molecule has 1 aliphatic heterocycles. The van der Waals surface area contributed by atoms with Crippen LogP contribution in [0.15, 0.2) is 27.6 Å². The van der Waals surface area contributed by atoms with Gasteiger partial charge < -0.3 is 18.7 Å². The van der Waals surface area contributed by atoms with Crippen molar-refractivity contribution in [3.05, 3.63) is 46.0 Å². The van der Waals surface area contributed by atoms with E-state index in [2.05, 4.69) is 10.1 Å². The molecule has 26 heavy (non-hydrogen) atoms. The average molecular weight is 358 g/mol. The standard InChI is InChI=1S/C18H22N4O4/c1-11-5-6-21(14(23)9-11)10-15(24)22-7-8-25-12(2)16(22)18-19-17(20-26-18)13-3-4-13/h5-6,9,12-13,16H,3-4,7-8,10H2,1-2H3/t12-,16+/m1/s1. The second-order valence-corrected chi connectivity index (χ2v) is 7.04. The van der Waals surface area contributed by atoms with Gasteiger partial charge in [-0.25, -0.2) is 0 Å². The summed E-state index contributed by atoms with van der Waals surface area (Å²) in [6.07, 6.45) is 3.55. The van der Waals surface area contributed by atoms with Crippen LogP contribution in [0.5, 0.6) is 0 Å². The first-order valence-corrected chi connectivity index (χ1v) is 8.94. The van der Waals surface area contributed by atoms with Crippen LogP contribution >= 0.6 is 0 Å². The molecule has 0 unspecified atom stereocenters. The molecule has 0 radical (unpaired) electrons. The number of carbonyl (C=O) groups is 1. The van der Waals surface area contributed by atoms with Crippen molar-refractivity contribution < 1.29 is 14.1 Å². The largest absolute Gasteiger partial charge is 0.374 e. The van der Waals surface area contributed by atoms with Crippen molar-refractivity contribution in [1.82, 2.24) is 19.6 Å². The number of rotatable bonds is 4. The van der Waals surface area contributed by atoms with Crippen molar-refractivity contribution >= 4 is 5.91 Å². The molecule has 8 heteroatoms. The predicted octanol–water partition coefficient (Wildman–Crippen LogP) is 1.41. The van der Waals surface area contributed by atoms with Gasteiger partial charge in [0.25, 0.3) is 11.4 Å². The van der Waals surface area contributed by atoms with E-state index in [1.807, 2.05) is 19.9 Å². The van der Waals surface area contributed by atoms with Gasteiger partial charge in [0.2, 0.25) is 5.91 Å². The van der Waals surface area contributed by atoms with Crippen molar-refractivity contribution in [3.8, 4) is 0 Å². The van der Waals surface area contributed by atoms with E-state index in [4.69, 9.17) is 9.26 Å². The Bertz CT molecular complexity index is 870. The Balaban J connectivity index is 1.57. The van der Waals surface area contributed by atoms with E-state index in [1.165, 1.54) is 10.6 Å². The molecule has 0 bridgehead atoms. The van der Waals surface area contributed by atoms with Gasteiger partial charge in [0.15, 0.2) is 5.82 Å². The minimum absolute atomic E-state index is 0.0219. The SMILES string of the molecule is Cc1ccn(CC(=O)N2CCO[C@H](C)[C@H]2c2nc(C3CC3)no2)c(=O)c1. The summed E-state index contributed by atoms with van der Waals surface area (Å²) in [4.78, 5) is 31.2. The highest BCUT2D eigenvalue weighted by atomic mass is 16.5. The lowest BCUT2D eigenvalue weighted by Crippen LogP contribution is -2.49. The minimum atomic E-state index is -0.433. The van der Waals surface area contributed by atoms with Gasteiger partial charge in [0.1, 0.15) is 12.6 Å². The maximum atomic E-state index is 12.9. The second-order valence-electron chi connectivity index (χ2n) is 7.04. The van der Waals surface area contributed by atoms with E-state index >= 15 is 0 Å². The maximum absolute atomic E-state index is 12.9. The number of hydrogen-bond acceptors (Lipinski definition) is 6. The fraction of sp³-hybridized carbons (Fsp3) is 0.556. The van der Waals surface area contributed by atoms with Crippen LogP contribution in [0.1, 0.15) is 49.0 Å². The molecule has 4 rings (SSSR count). The Labute approximate surface area is 150 Å². The van der Waals surface area contributed by atoms with Crippen LogP contribution in [0.2, 0.25) is 0 Å². The molecule has 1 amide bonds. The number of aromatic nitrogens is 3. The minimum Gasteiger partial charge on any atom is -0.374 e. The zero-order valence-electron chi connectivity index (χ0n) is 14.9. The van der Waals surface area contributed by atoms with E-state index in [0.717, 1.165) is 18.4 Å². The number of pyridine rings is 1. The van der Waals surface area contributed by atoms with E-state index in [1.54, 1.807) is 11.1 Å². The molecule has 1 saturated carbocycles. The highest BCUT2D eigenvalue weighted by molar-refractivity contribution is 5.76. The highest BCUT2D eigenvalue weighted by Gasteiger charge is 2.39. The fourth-order valence-electron chi connectivity index (χ4n) is 3.28. The number of nitrogens with zero attached hydrogens (tertiary/aromatic N) is 4. The van der Waals surface area contributed by atoms with Crippen molar-refractivity contribution in [3.63, 3.8) is 0 Å². The topological polar surface area (TPSA) is 90.5 Å². The number of carbonyl (C=O) groups excluding carboxylic acids is 1. The van der Waals surface area contributed by atoms with Gasteiger partial charge in [0.05, 0.1) is 12.7 Å². The molecule has 2 aliphatic rings. The Morgan fingerprint density at radius 3 is 2.92 bits per heavy atom. The lowest BCUT2D eigenvalue weighted by molar-refractivity contribution is -0.148. The Kier molecular flexibility index (Phi) is 4.36. The molecule has 138 valence electrons. The summed E-state index contributed by atoms with van der Waals surface area (Å²) in [5.74, 6) is 1.33. The van der Waals surface area contributed by atoms with E-state index < -0.39 is 6.04 Å². The third-order valence-corrected chi connectivity index (χ3v) is 4.92. The van der Waals surface area contributed by atoms with Crippen LogP contribution in [0.3, 0.4) is 0 Å². The Morgan fingerprint density at radius 1 is 1.38 bits per heavy atom. The summed E-state index contributed by atoms with van der Waals surface area (Å²) in [7, 11) is 0. The average Bonchev–Trinajstić information content (AvgIpc) is 3.35. The van der Waals surface area contributed by atoms with Gasteiger partial charge in [-0.2, -0.15) is 4.98 Å². The van der Waals surface area contributed by atoms with Crippen LogP contribution in [0, 0.1) is 6.92 Å². The molecule has 0 spiro atoms. The fourth-order valence-corrected chi connectivity index (χ4v) is 3.28. The van der Waals surface area contributed by atoms with Crippen LogP contribution in [-0.2, 0) is 16.1 Å². The van der Waals surface area contributed by atoms with Crippen LogP contribution in [0.25, 0.3) is 0 Å². The molecule has 2 aromatic heterocycles. The van der Waals surface area contributed by atoms with Crippen LogP contribution < -0.4 is 5.56 Å². The number of morpholine rings is 1. The molecule has 8 nitrogen and oxygen atoms in total. The molecular formula is C18H22N4O4. The third-order valence-electron chi connectivity index (χ3n) is 4.92. The Hall–Kier alpha value is -2.48. The first kappa shape index (κ1) is 17.0. The van der Waals surface area contributed by atoms with Crippen LogP contribution in [0.4, 0.5) is 0 Å². The maximum Gasteiger partial charge on any atom is 0.252 e. The number of amides is 1. The Morgan fingerprint density at radius 2 is 2.19 bits per heavy atom. The molecule has 2 fully saturated rings. The molecule has 0 N–H and O–H groups in total. The molecule has 2 aromatic rings. The van der Waals surface area contributed by atoms with Crippen molar-refractivity contribution in [2.75, 3.05) is 13.2 Å². The smallest absolute Gasteiger partial charge is 0.252 e. The first-order valence-electron chi connectivity index (χ1n) is 8.94. The van der Waals surface area contributed by atoms with Gasteiger partial charge in [-0.05, 0) is 38.3 Å². The summed E-state index contributed by atoms with van der Waals surface area (Å²) >= 11 is 0. The number of ether oxygens (including phenoxy) is 1. The van der Waals surface area contributed by atoms with E-state index in [9.17, 15) is 9.59 Å². The highest BCUT2D eigenvalue weighted by Crippen LogP contribution is 2.39. The quantitative estimate of drug-likeness (QED) is 0.821. The van der Waals surface area contributed by atoms with Crippen molar-refractivity contribution in [2.45, 2.75) is 51.3 Å². The molecule has 1 aliphatic carbocycles. The predicted molar refractivity (Wildman–Crippen MR) is 91.6 cm³/mol. The summed E-state index contributed by atoms with van der Waals surface area (Å²) < 4.78 is 12.6. The van der Waals surface area contributed by atoms with E-state index in [0.29, 0.717) is 30.8 Å². The number of hydrogen-bond donors (Lipinski definition) is 0. The molecule has 2 atom stereocenters. The normalized spacial score (nSPS) is 23.2. The van der Waals surface area contributed by atoms with Gasteiger partial charge in [-0.15, -0.1) is 0 Å².